The van der Waals surface area contributed by atoms with Gasteiger partial charge in [0.1, 0.15) is 5.75 Å². The molecule has 0 radical (unpaired) electrons. The average molecular weight is 326 g/mol. The molecule has 1 aromatic carbocycles. The van der Waals surface area contributed by atoms with Gasteiger partial charge in [-0.2, -0.15) is 0 Å². The highest BCUT2D eigenvalue weighted by Gasteiger charge is 2.19. The summed E-state index contributed by atoms with van der Waals surface area (Å²) in [5.41, 5.74) is 2.59. The summed E-state index contributed by atoms with van der Waals surface area (Å²) < 4.78 is 5.20. The fourth-order valence-electron chi connectivity index (χ4n) is 3.40. The third-order valence-corrected chi connectivity index (χ3v) is 4.96. The van der Waals surface area contributed by atoms with E-state index in [9.17, 15) is 4.79 Å². The summed E-state index contributed by atoms with van der Waals surface area (Å²) in [5.74, 6) is 1.65. The first-order valence-electron chi connectivity index (χ1n) is 8.76. The Balaban J connectivity index is 1.41. The van der Waals surface area contributed by atoms with Gasteiger partial charge in [-0.25, -0.2) is 0 Å². The van der Waals surface area contributed by atoms with Crippen LogP contribution in [-0.4, -0.2) is 36.6 Å². The molecule has 1 saturated heterocycles. The third-order valence-electron chi connectivity index (χ3n) is 4.96. The van der Waals surface area contributed by atoms with Crippen LogP contribution in [0.2, 0.25) is 0 Å². The number of likely N-dealkylation sites (tertiary alicyclic amines) is 1. The number of piperidine rings is 1. The maximum atomic E-state index is 11.1. The molecule has 0 unspecified atom stereocenters. The molecule has 1 N–H and O–H groups in total. The van der Waals surface area contributed by atoms with Crippen molar-refractivity contribution in [2.24, 2.45) is 5.92 Å². The maximum Gasteiger partial charge on any atom is 0.247 e. The largest absolute Gasteiger partial charge is 0.497 e. The average Bonchev–Trinajstić information content (AvgIpc) is 2.63. The van der Waals surface area contributed by atoms with Crippen LogP contribution in [0.1, 0.15) is 24.0 Å². The smallest absolute Gasteiger partial charge is 0.247 e. The summed E-state index contributed by atoms with van der Waals surface area (Å²) in [7, 11) is 1.70. The van der Waals surface area contributed by atoms with Gasteiger partial charge in [0, 0.05) is 18.8 Å². The van der Waals surface area contributed by atoms with Gasteiger partial charge in [-0.1, -0.05) is 18.2 Å². The SMILES string of the molecule is COc1ccc(CCN2CCC(Cc3ccc(=O)[nH]c3)CC2)cc1. The molecular formula is C20H26N2O2. The molecule has 4 nitrogen and oxygen atoms in total. The summed E-state index contributed by atoms with van der Waals surface area (Å²) >= 11 is 0. The minimum absolute atomic E-state index is 0.0212. The van der Waals surface area contributed by atoms with Gasteiger partial charge >= 0.3 is 0 Å². The fraction of sp³-hybridized carbons (Fsp3) is 0.450. The first-order chi connectivity index (χ1) is 11.7. The highest BCUT2D eigenvalue weighted by Crippen LogP contribution is 2.21. The van der Waals surface area contributed by atoms with Crippen molar-refractivity contribution in [2.45, 2.75) is 25.7 Å². The molecule has 0 spiro atoms. The van der Waals surface area contributed by atoms with Crippen molar-refractivity contribution in [3.05, 3.63) is 64.1 Å². The zero-order valence-electron chi connectivity index (χ0n) is 14.3. The molecule has 2 aromatic rings. The van der Waals surface area contributed by atoms with E-state index in [-0.39, 0.29) is 5.56 Å². The third kappa shape index (κ3) is 4.71. The Labute approximate surface area is 143 Å². The Morgan fingerprint density at radius 2 is 1.79 bits per heavy atom. The second-order valence-electron chi connectivity index (χ2n) is 6.65. The topological polar surface area (TPSA) is 45.3 Å². The van der Waals surface area contributed by atoms with Crippen LogP contribution in [0.3, 0.4) is 0 Å². The summed E-state index contributed by atoms with van der Waals surface area (Å²) in [6.45, 7) is 3.46. The maximum absolute atomic E-state index is 11.1. The van der Waals surface area contributed by atoms with Crippen LogP contribution in [-0.2, 0) is 12.8 Å². The number of hydrogen-bond acceptors (Lipinski definition) is 3. The van der Waals surface area contributed by atoms with Crippen molar-refractivity contribution in [1.82, 2.24) is 9.88 Å². The molecular weight excluding hydrogens is 300 g/mol. The van der Waals surface area contributed by atoms with E-state index < -0.39 is 0 Å². The molecule has 0 amide bonds. The number of nitrogens with zero attached hydrogens (tertiary/aromatic N) is 1. The molecule has 1 aliphatic heterocycles. The quantitative estimate of drug-likeness (QED) is 0.888. The standard InChI is InChI=1S/C20H26N2O2/c1-24-19-5-2-16(3-6-19)8-11-22-12-9-17(10-13-22)14-18-4-7-20(23)21-15-18/h2-7,15,17H,8-14H2,1H3,(H,21,23). The summed E-state index contributed by atoms with van der Waals surface area (Å²) in [6.07, 6.45) is 6.50. The van der Waals surface area contributed by atoms with E-state index in [1.165, 1.54) is 37.1 Å². The normalized spacial score (nSPS) is 16.2. The molecule has 1 aliphatic rings. The van der Waals surface area contributed by atoms with Crippen LogP contribution in [0.25, 0.3) is 0 Å². The van der Waals surface area contributed by atoms with Crippen molar-refractivity contribution < 1.29 is 4.74 Å². The van der Waals surface area contributed by atoms with E-state index in [1.54, 1.807) is 13.2 Å². The predicted molar refractivity (Wildman–Crippen MR) is 96.6 cm³/mol. The molecule has 0 atom stereocenters. The highest BCUT2D eigenvalue weighted by atomic mass is 16.5. The number of pyridine rings is 1. The lowest BCUT2D eigenvalue weighted by Crippen LogP contribution is -2.35. The zero-order chi connectivity index (χ0) is 16.8. The van der Waals surface area contributed by atoms with Crippen molar-refractivity contribution in [3.63, 3.8) is 0 Å². The number of rotatable bonds is 6. The Kier molecular flexibility index (Phi) is 5.70. The van der Waals surface area contributed by atoms with Gasteiger partial charge in [-0.15, -0.1) is 0 Å². The van der Waals surface area contributed by atoms with E-state index in [2.05, 4.69) is 22.0 Å². The highest BCUT2D eigenvalue weighted by molar-refractivity contribution is 5.27. The van der Waals surface area contributed by atoms with Gasteiger partial charge in [0.2, 0.25) is 5.56 Å². The molecule has 24 heavy (non-hydrogen) atoms. The molecule has 0 bridgehead atoms. The van der Waals surface area contributed by atoms with E-state index in [0.29, 0.717) is 0 Å². The Bertz CT molecular complexity index is 665. The predicted octanol–water partition coefficient (Wildman–Crippen LogP) is 2.88. The first-order valence-corrected chi connectivity index (χ1v) is 8.76. The van der Waals surface area contributed by atoms with Crippen LogP contribution < -0.4 is 10.3 Å². The van der Waals surface area contributed by atoms with Crippen LogP contribution in [0.4, 0.5) is 0 Å². The molecule has 0 aliphatic carbocycles. The van der Waals surface area contributed by atoms with E-state index in [0.717, 1.165) is 31.1 Å². The summed E-state index contributed by atoms with van der Waals surface area (Å²) in [6, 6.07) is 12.0. The number of aromatic amines is 1. The molecule has 2 heterocycles. The number of hydrogen-bond donors (Lipinski definition) is 1. The number of benzene rings is 1. The molecule has 128 valence electrons. The summed E-state index contributed by atoms with van der Waals surface area (Å²) in [5, 5.41) is 0. The molecule has 1 fully saturated rings. The lowest BCUT2D eigenvalue weighted by Gasteiger charge is -2.32. The van der Waals surface area contributed by atoms with Gasteiger partial charge in [-0.3, -0.25) is 4.79 Å². The van der Waals surface area contributed by atoms with Crippen molar-refractivity contribution in [1.29, 1.82) is 0 Å². The molecule has 3 rings (SSSR count). The molecule has 1 aromatic heterocycles. The van der Waals surface area contributed by atoms with Crippen LogP contribution >= 0.6 is 0 Å². The number of H-pyrrole nitrogens is 1. The van der Waals surface area contributed by atoms with Crippen molar-refractivity contribution in [3.8, 4) is 5.75 Å². The van der Waals surface area contributed by atoms with Gasteiger partial charge < -0.3 is 14.6 Å². The monoisotopic (exact) mass is 326 g/mol. The van der Waals surface area contributed by atoms with Crippen LogP contribution in [0.5, 0.6) is 5.75 Å². The fourth-order valence-corrected chi connectivity index (χ4v) is 3.40. The van der Waals surface area contributed by atoms with Gasteiger partial charge in [0.25, 0.3) is 0 Å². The lowest BCUT2D eigenvalue weighted by atomic mass is 9.90. The van der Waals surface area contributed by atoms with Crippen molar-refractivity contribution in [2.75, 3.05) is 26.7 Å². The second kappa shape index (κ2) is 8.15. The van der Waals surface area contributed by atoms with Crippen LogP contribution in [0, 0.1) is 5.92 Å². The first kappa shape index (κ1) is 16.8. The van der Waals surface area contributed by atoms with Crippen molar-refractivity contribution >= 4 is 0 Å². The van der Waals surface area contributed by atoms with E-state index in [4.69, 9.17) is 4.74 Å². The van der Waals surface area contributed by atoms with Gasteiger partial charge in [-0.05, 0) is 68.0 Å². The number of aromatic nitrogens is 1. The van der Waals surface area contributed by atoms with Crippen LogP contribution in [0.15, 0.2) is 47.4 Å². The van der Waals surface area contributed by atoms with E-state index >= 15 is 0 Å². The van der Waals surface area contributed by atoms with E-state index in [1.807, 2.05) is 24.4 Å². The Morgan fingerprint density at radius 1 is 1.08 bits per heavy atom. The minimum Gasteiger partial charge on any atom is -0.497 e. The molecule has 0 saturated carbocycles. The number of methoxy groups -OCH3 is 1. The zero-order valence-corrected chi connectivity index (χ0v) is 14.3. The molecule has 4 heteroatoms. The minimum atomic E-state index is -0.0212. The lowest BCUT2D eigenvalue weighted by molar-refractivity contribution is 0.186. The van der Waals surface area contributed by atoms with Gasteiger partial charge in [0.15, 0.2) is 0 Å². The Hall–Kier alpha value is -2.07. The number of ether oxygens (including phenoxy) is 1. The van der Waals surface area contributed by atoms with Gasteiger partial charge in [0.05, 0.1) is 7.11 Å². The second-order valence-corrected chi connectivity index (χ2v) is 6.65. The Morgan fingerprint density at radius 3 is 2.42 bits per heavy atom. The summed E-state index contributed by atoms with van der Waals surface area (Å²) in [4.78, 5) is 16.4. The number of nitrogens with one attached hydrogen (secondary N) is 1.